The van der Waals surface area contributed by atoms with Crippen LogP contribution in [0.3, 0.4) is 0 Å². The zero-order chi connectivity index (χ0) is 14.2. The Kier molecular flexibility index (Phi) is 3.44. The van der Waals surface area contributed by atoms with Crippen molar-refractivity contribution in [2.24, 2.45) is 0 Å². The molecule has 0 amide bonds. The summed E-state index contributed by atoms with van der Waals surface area (Å²) in [5, 5.41) is 1.89. The second-order valence-electron chi connectivity index (χ2n) is 3.78. The number of anilines is 4. The Morgan fingerprint density at radius 1 is 0.947 bits per heavy atom. The van der Waals surface area contributed by atoms with Gasteiger partial charge in [0.25, 0.3) is 0 Å². The van der Waals surface area contributed by atoms with Gasteiger partial charge >= 0.3 is 0 Å². The van der Waals surface area contributed by atoms with Crippen molar-refractivity contribution in [3.05, 3.63) is 46.7 Å². The maximum atomic E-state index is 13.9. The minimum absolute atomic E-state index is 0.0591. The van der Waals surface area contributed by atoms with Crippen LogP contribution in [0.15, 0.2) is 24.3 Å². The van der Waals surface area contributed by atoms with Gasteiger partial charge in [-0.2, -0.15) is 0 Å². The zero-order valence-electron chi connectivity index (χ0n) is 9.48. The third-order valence-electron chi connectivity index (χ3n) is 2.48. The summed E-state index contributed by atoms with van der Waals surface area (Å²) in [4.78, 5) is 0. The number of nitrogens with one attached hydrogen (secondary N) is 1. The Labute approximate surface area is 112 Å². The van der Waals surface area contributed by atoms with Gasteiger partial charge < -0.3 is 16.8 Å². The molecule has 5 N–H and O–H groups in total. The number of benzene rings is 2. The van der Waals surface area contributed by atoms with Crippen LogP contribution in [0, 0.1) is 17.5 Å². The fraction of sp³-hybridized carbons (Fsp3) is 0. The topological polar surface area (TPSA) is 64.1 Å². The summed E-state index contributed by atoms with van der Waals surface area (Å²) < 4.78 is 40.8. The molecule has 2 rings (SSSR count). The minimum atomic E-state index is -0.971. The summed E-state index contributed by atoms with van der Waals surface area (Å²) in [6.45, 7) is 0. The molecule has 3 nitrogen and oxygen atoms in total. The summed E-state index contributed by atoms with van der Waals surface area (Å²) >= 11 is 5.62. The molecule has 7 heteroatoms. The van der Waals surface area contributed by atoms with Gasteiger partial charge in [0.2, 0.25) is 0 Å². The molecule has 0 bridgehead atoms. The van der Waals surface area contributed by atoms with Crippen LogP contribution in [0.4, 0.5) is 35.9 Å². The highest BCUT2D eigenvalue weighted by Crippen LogP contribution is 2.36. The van der Waals surface area contributed by atoms with Crippen LogP contribution in [0.1, 0.15) is 0 Å². The van der Waals surface area contributed by atoms with Gasteiger partial charge in [0.05, 0.1) is 17.1 Å². The van der Waals surface area contributed by atoms with E-state index in [1.165, 1.54) is 12.1 Å². The van der Waals surface area contributed by atoms with Crippen LogP contribution < -0.4 is 16.8 Å². The van der Waals surface area contributed by atoms with E-state index in [9.17, 15) is 13.2 Å². The number of rotatable bonds is 2. The Hall–Kier alpha value is -2.08. The van der Waals surface area contributed by atoms with Crippen molar-refractivity contribution in [1.82, 2.24) is 0 Å². The third-order valence-corrected chi connectivity index (χ3v) is 2.86. The molecule has 0 aliphatic rings. The van der Waals surface area contributed by atoms with Gasteiger partial charge in [-0.1, -0.05) is 17.7 Å². The normalized spacial score (nSPS) is 10.5. The van der Waals surface area contributed by atoms with Gasteiger partial charge in [-0.05, 0) is 18.2 Å². The van der Waals surface area contributed by atoms with Gasteiger partial charge in [-0.15, -0.1) is 0 Å². The van der Waals surface area contributed by atoms with Crippen LogP contribution in [0.5, 0.6) is 0 Å². The van der Waals surface area contributed by atoms with E-state index < -0.39 is 23.1 Å². The van der Waals surface area contributed by atoms with Crippen molar-refractivity contribution in [3.8, 4) is 0 Å². The van der Waals surface area contributed by atoms with Gasteiger partial charge in [-0.3, -0.25) is 0 Å². The predicted molar refractivity (Wildman–Crippen MR) is 69.9 cm³/mol. The molecular weight excluding hydrogens is 279 g/mol. The number of hydrogen-bond acceptors (Lipinski definition) is 3. The summed E-state index contributed by atoms with van der Waals surface area (Å²) in [6.07, 6.45) is 0. The Morgan fingerprint density at radius 2 is 1.53 bits per heavy atom. The highest BCUT2D eigenvalue weighted by atomic mass is 35.5. The zero-order valence-corrected chi connectivity index (χ0v) is 10.2. The molecule has 0 spiro atoms. The largest absolute Gasteiger partial charge is 0.397 e. The predicted octanol–water partition coefficient (Wildman–Crippen LogP) is 3.67. The highest BCUT2D eigenvalue weighted by Gasteiger charge is 2.17. The van der Waals surface area contributed by atoms with E-state index in [0.717, 1.165) is 12.1 Å². The van der Waals surface area contributed by atoms with E-state index in [1.54, 1.807) is 0 Å². The van der Waals surface area contributed by atoms with Crippen LogP contribution in [0.2, 0.25) is 5.02 Å². The van der Waals surface area contributed by atoms with E-state index in [2.05, 4.69) is 5.32 Å². The van der Waals surface area contributed by atoms with Crippen molar-refractivity contribution < 1.29 is 13.2 Å². The lowest BCUT2D eigenvalue weighted by Gasteiger charge is -2.14. The van der Waals surface area contributed by atoms with E-state index in [-0.39, 0.29) is 22.1 Å². The van der Waals surface area contributed by atoms with Crippen molar-refractivity contribution >= 4 is 34.4 Å². The SMILES string of the molecule is Nc1cc(N)c(Nc2c(F)cccc2F)c(F)c1Cl. The lowest BCUT2D eigenvalue weighted by molar-refractivity contribution is 0.589. The molecule has 2 aromatic rings. The summed E-state index contributed by atoms with van der Waals surface area (Å²) in [5.74, 6) is -2.74. The molecule has 0 atom stereocenters. The monoisotopic (exact) mass is 287 g/mol. The molecule has 0 aromatic heterocycles. The maximum Gasteiger partial charge on any atom is 0.169 e. The third kappa shape index (κ3) is 2.39. The lowest BCUT2D eigenvalue weighted by Crippen LogP contribution is -2.05. The quantitative estimate of drug-likeness (QED) is 0.739. The molecule has 19 heavy (non-hydrogen) atoms. The van der Waals surface area contributed by atoms with Gasteiger partial charge in [0, 0.05) is 0 Å². The molecular formula is C12H9ClF3N3. The van der Waals surface area contributed by atoms with Crippen molar-refractivity contribution in [2.75, 3.05) is 16.8 Å². The van der Waals surface area contributed by atoms with E-state index >= 15 is 0 Å². The van der Waals surface area contributed by atoms with Crippen molar-refractivity contribution in [3.63, 3.8) is 0 Å². The van der Waals surface area contributed by atoms with Gasteiger partial charge in [0.15, 0.2) is 5.82 Å². The van der Waals surface area contributed by atoms with Crippen LogP contribution in [0.25, 0.3) is 0 Å². The fourth-order valence-electron chi connectivity index (χ4n) is 1.54. The second-order valence-corrected chi connectivity index (χ2v) is 4.16. The number of nitrogen functional groups attached to an aromatic ring is 2. The summed E-state index contributed by atoms with van der Waals surface area (Å²) in [6, 6.07) is 4.44. The smallest absolute Gasteiger partial charge is 0.169 e. The number of para-hydroxylation sites is 1. The van der Waals surface area contributed by atoms with E-state index in [0.29, 0.717) is 0 Å². The van der Waals surface area contributed by atoms with Gasteiger partial charge in [0.1, 0.15) is 22.3 Å². The number of nitrogens with two attached hydrogens (primary N) is 2. The average Bonchev–Trinajstić information content (AvgIpc) is 2.35. The molecule has 0 saturated carbocycles. The maximum absolute atomic E-state index is 13.9. The standard InChI is InChI=1S/C12H9ClF3N3/c13-9-7(17)4-8(18)12(10(9)16)19-11-5(14)2-1-3-6(11)15/h1-4,19H,17-18H2. The Morgan fingerprint density at radius 3 is 2.11 bits per heavy atom. The van der Waals surface area contributed by atoms with Crippen LogP contribution >= 0.6 is 11.6 Å². The molecule has 0 fully saturated rings. The Balaban J connectivity index is 2.53. The van der Waals surface area contributed by atoms with E-state index in [4.69, 9.17) is 23.1 Å². The molecule has 0 radical (unpaired) electrons. The van der Waals surface area contributed by atoms with Crippen molar-refractivity contribution in [2.45, 2.75) is 0 Å². The second kappa shape index (κ2) is 4.89. The first-order valence-electron chi connectivity index (χ1n) is 5.15. The molecule has 0 aliphatic carbocycles. The molecule has 0 aliphatic heterocycles. The lowest BCUT2D eigenvalue weighted by atomic mass is 10.2. The van der Waals surface area contributed by atoms with Crippen LogP contribution in [-0.2, 0) is 0 Å². The molecule has 0 heterocycles. The minimum Gasteiger partial charge on any atom is -0.397 e. The number of halogens is 4. The van der Waals surface area contributed by atoms with Gasteiger partial charge in [-0.25, -0.2) is 13.2 Å². The summed E-state index contributed by atoms with van der Waals surface area (Å²) in [7, 11) is 0. The van der Waals surface area contributed by atoms with Crippen molar-refractivity contribution in [1.29, 1.82) is 0 Å². The number of hydrogen-bond donors (Lipinski definition) is 3. The fourth-order valence-corrected chi connectivity index (χ4v) is 1.68. The molecule has 100 valence electrons. The molecule has 0 saturated heterocycles. The first kappa shape index (κ1) is 13.4. The molecule has 2 aromatic carbocycles. The molecule has 0 unspecified atom stereocenters. The van der Waals surface area contributed by atoms with Crippen LogP contribution in [-0.4, -0.2) is 0 Å². The summed E-state index contributed by atoms with van der Waals surface area (Å²) in [5.41, 5.74) is 9.95. The average molecular weight is 288 g/mol. The first-order valence-corrected chi connectivity index (χ1v) is 5.53. The Bertz CT molecular complexity index is 626. The first-order chi connectivity index (χ1) is 8.91. The highest BCUT2D eigenvalue weighted by molar-refractivity contribution is 6.33. The van der Waals surface area contributed by atoms with E-state index in [1.807, 2.05) is 0 Å².